The fourth-order valence-corrected chi connectivity index (χ4v) is 4.00. The van der Waals surface area contributed by atoms with Crippen molar-refractivity contribution in [2.75, 3.05) is 5.32 Å². The Morgan fingerprint density at radius 1 is 1.14 bits per heavy atom. The van der Waals surface area contributed by atoms with Crippen molar-refractivity contribution >= 4 is 23.2 Å². The third-order valence-electron chi connectivity index (χ3n) is 5.72. The number of anilines is 1. The number of aryl methyl sites for hydroxylation is 1. The van der Waals surface area contributed by atoms with E-state index in [1.54, 1.807) is 24.8 Å². The van der Waals surface area contributed by atoms with Crippen LogP contribution in [0.15, 0.2) is 49.2 Å². The Balaban J connectivity index is 0.000000384. The van der Waals surface area contributed by atoms with Crippen molar-refractivity contribution in [1.82, 2.24) is 29.1 Å². The molecule has 2 N–H and O–H groups in total. The third kappa shape index (κ3) is 5.19. The molecular formula is C23H22F3N7O3. The van der Waals surface area contributed by atoms with E-state index in [-0.39, 0.29) is 5.91 Å². The number of carboxylic acids is 1. The van der Waals surface area contributed by atoms with Crippen molar-refractivity contribution in [2.45, 2.75) is 44.8 Å². The minimum Gasteiger partial charge on any atom is -0.475 e. The van der Waals surface area contributed by atoms with Crippen LogP contribution in [0.1, 0.15) is 47.8 Å². The van der Waals surface area contributed by atoms with Crippen molar-refractivity contribution in [1.29, 1.82) is 0 Å². The van der Waals surface area contributed by atoms with Gasteiger partial charge in [0.15, 0.2) is 11.5 Å². The molecule has 0 spiro atoms. The van der Waals surface area contributed by atoms with Gasteiger partial charge in [-0.15, -0.1) is 0 Å². The summed E-state index contributed by atoms with van der Waals surface area (Å²) in [6.07, 6.45) is 8.21. The van der Waals surface area contributed by atoms with Crippen molar-refractivity contribution in [3.63, 3.8) is 0 Å². The minimum absolute atomic E-state index is 0.310. The van der Waals surface area contributed by atoms with Crippen molar-refractivity contribution in [3.05, 3.63) is 60.4 Å². The summed E-state index contributed by atoms with van der Waals surface area (Å²) >= 11 is 0. The van der Waals surface area contributed by atoms with Crippen LogP contribution in [0.3, 0.4) is 0 Å². The van der Waals surface area contributed by atoms with Gasteiger partial charge in [0.1, 0.15) is 11.5 Å². The maximum atomic E-state index is 13.0. The molecule has 1 fully saturated rings. The molecule has 0 saturated heterocycles. The molecule has 1 saturated carbocycles. The maximum Gasteiger partial charge on any atom is 0.490 e. The van der Waals surface area contributed by atoms with E-state index in [2.05, 4.69) is 20.4 Å². The lowest BCUT2D eigenvalue weighted by molar-refractivity contribution is -0.192. The molecule has 5 rings (SSSR count). The van der Waals surface area contributed by atoms with Crippen LogP contribution in [0.4, 0.5) is 19.0 Å². The molecule has 13 heteroatoms. The number of aliphatic carboxylic acids is 1. The normalized spacial score (nSPS) is 13.9. The molecule has 36 heavy (non-hydrogen) atoms. The van der Waals surface area contributed by atoms with Gasteiger partial charge >= 0.3 is 12.1 Å². The number of halogens is 3. The van der Waals surface area contributed by atoms with Crippen molar-refractivity contribution < 1.29 is 27.9 Å². The van der Waals surface area contributed by atoms with Crippen LogP contribution in [0.5, 0.6) is 0 Å². The number of imidazole rings is 1. The number of hydrogen-bond acceptors (Lipinski definition) is 6. The summed E-state index contributed by atoms with van der Waals surface area (Å²) in [5.74, 6) is -1.85. The molecule has 4 aromatic rings. The van der Waals surface area contributed by atoms with Gasteiger partial charge in [-0.25, -0.2) is 14.8 Å². The standard InChI is InChI=1S/C21H21N7O.C2HF3O2/c1-14-5-4-9-23-19(14)26-21(29)18-17-13-22-11-12-27(17)20(25-18)16-8-10-24-28(16)15-6-2-3-7-15;3-2(4,5)1(6)7/h4-5,8-13,15H,2-3,6-7H2,1H3,(H,23,26,29);(H,6,7). The van der Waals surface area contributed by atoms with Gasteiger partial charge in [0.2, 0.25) is 0 Å². The van der Waals surface area contributed by atoms with Crippen LogP contribution in [0.25, 0.3) is 17.0 Å². The number of amides is 1. The Labute approximate surface area is 202 Å². The maximum absolute atomic E-state index is 13.0. The van der Waals surface area contributed by atoms with Gasteiger partial charge in [-0.1, -0.05) is 18.9 Å². The first-order valence-electron chi connectivity index (χ1n) is 11.1. The molecule has 0 aliphatic heterocycles. The number of alkyl halides is 3. The molecule has 0 unspecified atom stereocenters. The second-order valence-electron chi connectivity index (χ2n) is 8.14. The van der Waals surface area contributed by atoms with Crippen LogP contribution in [0, 0.1) is 6.92 Å². The molecule has 4 heterocycles. The number of pyridine rings is 1. The largest absolute Gasteiger partial charge is 0.490 e. The first-order valence-corrected chi connectivity index (χ1v) is 11.1. The Hall–Kier alpha value is -4.29. The van der Waals surface area contributed by atoms with E-state index in [1.807, 2.05) is 40.4 Å². The number of carboxylic acid groups (broad SMARTS) is 1. The summed E-state index contributed by atoms with van der Waals surface area (Å²) in [6.45, 7) is 1.90. The van der Waals surface area contributed by atoms with Gasteiger partial charge in [0.05, 0.1) is 17.8 Å². The molecule has 188 valence electrons. The topological polar surface area (TPSA) is 127 Å². The fraction of sp³-hybridized carbons (Fsp3) is 0.304. The molecule has 1 aliphatic carbocycles. The molecule has 0 radical (unpaired) electrons. The summed E-state index contributed by atoms with van der Waals surface area (Å²) in [6, 6.07) is 6.07. The van der Waals surface area contributed by atoms with Crippen LogP contribution in [-0.4, -0.2) is 52.3 Å². The van der Waals surface area contributed by atoms with Crippen molar-refractivity contribution in [3.8, 4) is 11.5 Å². The highest BCUT2D eigenvalue weighted by atomic mass is 19.4. The highest BCUT2D eigenvalue weighted by molar-refractivity contribution is 6.07. The zero-order valence-electron chi connectivity index (χ0n) is 19.1. The Morgan fingerprint density at radius 2 is 1.86 bits per heavy atom. The van der Waals surface area contributed by atoms with Gasteiger partial charge in [-0.05, 0) is 37.5 Å². The van der Waals surface area contributed by atoms with E-state index < -0.39 is 12.1 Å². The van der Waals surface area contributed by atoms with Gasteiger partial charge < -0.3 is 10.4 Å². The number of carbonyl (C=O) groups is 2. The molecule has 1 amide bonds. The van der Waals surface area contributed by atoms with Crippen LogP contribution in [-0.2, 0) is 4.79 Å². The van der Waals surface area contributed by atoms with Gasteiger partial charge in [-0.2, -0.15) is 18.3 Å². The number of nitrogens with one attached hydrogen (secondary N) is 1. The van der Waals surface area contributed by atoms with E-state index in [4.69, 9.17) is 14.9 Å². The summed E-state index contributed by atoms with van der Waals surface area (Å²) in [5.41, 5.74) is 2.76. The lowest BCUT2D eigenvalue weighted by Gasteiger charge is -2.13. The molecule has 0 aromatic carbocycles. The number of aromatic nitrogens is 6. The quantitative estimate of drug-likeness (QED) is 0.427. The monoisotopic (exact) mass is 501 g/mol. The first kappa shape index (κ1) is 24.8. The van der Waals surface area contributed by atoms with E-state index >= 15 is 0 Å². The molecular weight excluding hydrogens is 479 g/mol. The number of rotatable bonds is 4. The smallest absolute Gasteiger partial charge is 0.475 e. The number of carbonyl (C=O) groups excluding carboxylic acids is 1. The average Bonchev–Trinajstić information content (AvgIpc) is 3.59. The Kier molecular flexibility index (Phi) is 6.99. The lowest BCUT2D eigenvalue weighted by Crippen LogP contribution is -2.21. The predicted octanol–water partition coefficient (Wildman–Crippen LogP) is 4.30. The average molecular weight is 501 g/mol. The Bertz CT molecular complexity index is 1390. The van der Waals surface area contributed by atoms with Gasteiger partial charge in [0.25, 0.3) is 5.91 Å². The van der Waals surface area contributed by atoms with Crippen LogP contribution in [0.2, 0.25) is 0 Å². The molecule has 4 aromatic heterocycles. The zero-order chi connectivity index (χ0) is 25.9. The minimum atomic E-state index is -5.08. The summed E-state index contributed by atoms with van der Waals surface area (Å²) < 4.78 is 35.7. The predicted molar refractivity (Wildman–Crippen MR) is 122 cm³/mol. The van der Waals surface area contributed by atoms with E-state index in [9.17, 15) is 18.0 Å². The highest BCUT2D eigenvalue weighted by Crippen LogP contribution is 2.33. The second-order valence-corrected chi connectivity index (χ2v) is 8.14. The fourth-order valence-electron chi connectivity index (χ4n) is 4.00. The summed E-state index contributed by atoms with van der Waals surface area (Å²) in [5, 5.41) is 14.5. The van der Waals surface area contributed by atoms with E-state index in [0.29, 0.717) is 28.9 Å². The summed E-state index contributed by atoms with van der Waals surface area (Å²) in [4.78, 5) is 35.1. The molecule has 1 aliphatic rings. The number of hydrogen-bond donors (Lipinski definition) is 2. The number of nitrogens with zero attached hydrogens (tertiary/aromatic N) is 6. The molecule has 0 atom stereocenters. The summed E-state index contributed by atoms with van der Waals surface area (Å²) in [7, 11) is 0. The van der Waals surface area contributed by atoms with Crippen molar-refractivity contribution in [2.24, 2.45) is 0 Å². The highest BCUT2D eigenvalue weighted by Gasteiger charge is 2.38. The van der Waals surface area contributed by atoms with E-state index in [0.717, 1.165) is 24.1 Å². The number of fused-ring (bicyclic) bond motifs is 1. The van der Waals surface area contributed by atoms with Gasteiger partial charge in [-0.3, -0.25) is 18.9 Å². The lowest BCUT2D eigenvalue weighted by atomic mass is 10.2. The Morgan fingerprint density at radius 3 is 2.53 bits per heavy atom. The van der Waals surface area contributed by atoms with Crippen LogP contribution >= 0.6 is 0 Å². The second kappa shape index (κ2) is 10.1. The first-order chi connectivity index (χ1) is 17.2. The molecule has 0 bridgehead atoms. The van der Waals surface area contributed by atoms with Crippen LogP contribution < -0.4 is 5.32 Å². The third-order valence-corrected chi connectivity index (χ3v) is 5.72. The van der Waals surface area contributed by atoms with Gasteiger partial charge in [0, 0.05) is 24.8 Å². The molecule has 10 nitrogen and oxygen atoms in total. The van der Waals surface area contributed by atoms with E-state index in [1.165, 1.54) is 12.8 Å². The SMILES string of the molecule is Cc1cccnc1NC(=O)c1nc(-c2ccnn2C2CCCC2)n2ccncc12.O=C(O)C(F)(F)F. The zero-order valence-corrected chi connectivity index (χ0v) is 19.1.